The van der Waals surface area contributed by atoms with Crippen molar-refractivity contribution >= 4 is 22.7 Å². The maximum absolute atomic E-state index is 9.30. The lowest BCUT2D eigenvalue weighted by molar-refractivity contribution is 0.525. The monoisotopic (exact) mass is 270 g/mol. The Bertz CT molecular complexity index is 744. The maximum Gasteiger partial charge on any atom is 0.219 e. The number of aromatic nitrogens is 3. The van der Waals surface area contributed by atoms with E-state index < -0.39 is 5.92 Å². The van der Waals surface area contributed by atoms with Gasteiger partial charge in [0.2, 0.25) is 5.89 Å². The van der Waals surface area contributed by atoms with Gasteiger partial charge >= 0.3 is 0 Å². The molecule has 0 aliphatic heterocycles. The lowest BCUT2D eigenvalue weighted by atomic mass is 10.1. The molecule has 0 radical (unpaired) electrons. The Morgan fingerprint density at radius 3 is 2.84 bits per heavy atom. The van der Waals surface area contributed by atoms with Gasteiger partial charge in [0.05, 0.1) is 11.8 Å². The number of rotatable bonds is 2. The topological polar surface area (TPSA) is 75.6 Å². The molecule has 0 amide bonds. The lowest BCUT2D eigenvalue weighted by Gasteiger charge is -2.03. The molecule has 6 heteroatoms. The van der Waals surface area contributed by atoms with Gasteiger partial charge in [-0.05, 0) is 18.2 Å². The van der Waals surface area contributed by atoms with E-state index in [2.05, 4.69) is 21.0 Å². The Balaban J connectivity index is 2.10. The number of nitrogens with zero attached hydrogens (tertiary/aromatic N) is 4. The van der Waals surface area contributed by atoms with Gasteiger partial charge in [0, 0.05) is 0 Å². The summed E-state index contributed by atoms with van der Waals surface area (Å²) >= 11 is 5.80. The molecule has 0 fully saturated rings. The molecule has 0 saturated heterocycles. The van der Waals surface area contributed by atoms with Gasteiger partial charge in [-0.25, -0.2) is 15.0 Å². The molecule has 3 rings (SSSR count). The third-order valence-electron chi connectivity index (χ3n) is 2.64. The van der Waals surface area contributed by atoms with Crippen LogP contribution in [0.4, 0.5) is 0 Å². The molecule has 1 atom stereocenters. The van der Waals surface area contributed by atoms with Crippen LogP contribution in [-0.4, -0.2) is 15.0 Å². The third kappa shape index (κ3) is 2.14. The summed E-state index contributed by atoms with van der Waals surface area (Å²) in [6.07, 6.45) is 1.31. The smallest absolute Gasteiger partial charge is 0.219 e. The number of hydrogen-bond acceptors (Lipinski definition) is 5. The van der Waals surface area contributed by atoms with E-state index in [-0.39, 0.29) is 5.15 Å². The highest BCUT2D eigenvalue weighted by molar-refractivity contribution is 6.29. The molecule has 0 saturated carbocycles. The largest absolute Gasteiger partial charge is 0.439 e. The predicted octanol–water partition coefficient (Wildman–Crippen LogP) is 2.93. The van der Waals surface area contributed by atoms with Crippen molar-refractivity contribution in [1.82, 2.24) is 15.0 Å². The Kier molecular flexibility index (Phi) is 2.86. The normalized spacial score (nSPS) is 12.2. The van der Waals surface area contributed by atoms with Crippen LogP contribution in [0.3, 0.4) is 0 Å². The molecule has 0 aliphatic carbocycles. The van der Waals surface area contributed by atoms with Gasteiger partial charge in [-0.1, -0.05) is 23.7 Å². The summed E-state index contributed by atoms with van der Waals surface area (Å²) < 4.78 is 5.58. The summed E-state index contributed by atoms with van der Waals surface area (Å²) in [5.74, 6) is -0.397. The fraction of sp³-hybridized carbons (Fsp3) is 0.0769. The Morgan fingerprint density at radius 2 is 2.11 bits per heavy atom. The van der Waals surface area contributed by atoms with E-state index in [1.165, 1.54) is 12.4 Å². The summed E-state index contributed by atoms with van der Waals surface area (Å²) in [7, 11) is 0. The average Bonchev–Trinajstić information content (AvgIpc) is 2.83. The summed E-state index contributed by atoms with van der Waals surface area (Å²) in [5.41, 5.74) is 1.81. The van der Waals surface area contributed by atoms with Crippen molar-refractivity contribution in [2.45, 2.75) is 5.92 Å². The van der Waals surface area contributed by atoms with Crippen molar-refractivity contribution in [3.05, 3.63) is 53.4 Å². The predicted molar refractivity (Wildman–Crippen MR) is 68.5 cm³/mol. The van der Waals surface area contributed by atoms with Crippen LogP contribution in [0.5, 0.6) is 0 Å². The number of para-hydroxylation sites is 2. The summed E-state index contributed by atoms with van der Waals surface area (Å²) in [4.78, 5) is 12.1. The molecule has 0 spiro atoms. The second kappa shape index (κ2) is 4.67. The first-order chi connectivity index (χ1) is 9.28. The van der Waals surface area contributed by atoms with Gasteiger partial charge in [0.25, 0.3) is 0 Å². The fourth-order valence-corrected chi connectivity index (χ4v) is 1.92. The summed E-state index contributed by atoms with van der Waals surface area (Å²) in [5, 5.41) is 9.57. The van der Waals surface area contributed by atoms with Crippen molar-refractivity contribution in [2.75, 3.05) is 0 Å². The zero-order chi connectivity index (χ0) is 13.2. The molecule has 19 heavy (non-hydrogen) atoms. The van der Waals surface area contributed by atoms with Crippen molar-refractivity contribution < 1.29 is 4.42 Å². The molecular weight excluding hydrogens is 264 g/mol. The number of halogens is 1. The number of hydrogen-bond donors (Lipinski definition) is 0. The highest BCUT2D eigenvalue weighted by atomic mass is 35.5. The minimum absolute atomic E-state index is 0.279. The zero-order valence-corrected chi connectivity index (χ0v) is 10.4. The molecule has 0 bridgehead atoms. The number of nitriles is 1. The van der Waals surface area contributed by atoms with E-state index in [0.29, 0.717) is 22.7 Å². The number of fused-ring (bicyclic) bond motifs is 1. The fourth-order valence-electron chi connectivity index (χ4n) is 1.77. The number of oxazole rings is 1. The minimum Gasteiger partial charge on any atom is -0.439 e. The minimum atomic E-state index is -0.701. The second-order valence-electron chi connectivity index (χ2n) is 3.85. The Morgan fingerprint density at radius 1 is 1.26 bits per heavy atom. The molecule has 2 heterocycles. The zero-order valence-electron chi connectivity index (χ0n) is 9.62. The van der Waals surface area contributed by atoms with Gasteiger partial charge in [0.15, 0.2) is 11.5 Å². The molecule has 0 N–H and O–H groups in total. The van der Waals surface area contributed by atoms with Gasteiger partial charge in [-0.2, -0.15) is 5.26 Å². The van der Waals surface area contributed by atoms with Crippen LogP contribution in [0.1, 0.15) is 17.5 Å². The SMILES string of the molecule is N#CC(c1cc(Cl)ncn1)c1nc2ccccc2o1. The molecule has 2 aromatic heterocycles. The van der Waals surface area contributed by atoms with Gasteiger partial charge in [-0.3, -0.25) is 0 Å². The van der Waals surface area contributed by atoms with E-state index >= 15 is 0 Å². The van der Waals surface area contributed by atoms with E-state index in [4.69, 9.17) is 16.0 Å². The van der Waals surface area contributed by atoms with Gasteiger partial charge in [-0.15, -0.1) is 0 Å². The van der Waals surface area contributed by atoms with Crippen LogP contribution in [0, 0.1) is 11.3 Å². The Labute approximate surface area is 113 Å². The highest BCUT2D eigenvalue weighted by Gasteiger charge is 2.21. The molecule has 1 unspecified atom stereocenters. The van der Waals surface area contributed by atoms with Crippen molar-refractivity contribution in [3.8, 4) is 6.07 Å². The first-order valence-electron chi connectivity index (χ1n) is 5.50. The molecule has 5 nitrogen and oxygen atoms in total. The molecule has 92 valence electrons. The van der Waals surface area contributed by atoms with Crippen LogP contribution < -0.4 is 0 Å². The van der Waals surface area contributed by atoms with E-state index in [1.807, 2.05) is 18.2 Å². The van der Waals surface area contributed by atoms with Crippen LogP contribution >= 0.6 is 11.6 Å². The van der Waals surface area contributed by atoms with Gasteiger partial charge < -0.3 is 4.42 Å². The van der Waals surface area contributed by atoms with Gasteiger partial charge in [0.1, 0.15) is 17.0 Å². The molecular formula is C13H7ClN4O. The summed E-state index contributed by atoms with van der Waals surface area (Å²) in [6.45, 7) is 0. The lowest BCUT2D eigenvalue weighted by Crippen LogP contribution is -2.01. The van der Waals surface area contributed by atoms with Crippen LogP contribution in [0.2, 0.25) is 5.15 Å². The van der Waals surface area contributed by atoms with Crippen LogP contribution in [0.15, 0.2) is 41.1 Å². The second-order valence-corrected chi connectivity index (χ2v) is 4.23. The highest BCUT2D eigenvalue weighted by Crippen LogP contribution is 2.26. The number of benzene rings is 1. The molecule has 1 aromatic carbocycles. The van der Waals surface area contributed by atoms with Crippen molar-refractivity contribution in [3.63, 3.8) is 0 Å². The van der Waals surface area contributed by atoms with E-state index in [0.717, 1.165) is 0 Å². The van der Waals surface area contributed by atoms with E-state index in [9.17, 15) is 5.26 Å². The van der Waals surface area contributed by atoms with Crippen LogP contribution in [-0.2, 0) is 0 Å². The average molecular weight is 271 g/mol. The maximum atomic E-state index is 9.30. The van der Waals surface area contributed by atoms with Crippen molar-refractivity contribution in [2.24, 2.45) is 0 Å². The first-order valence-corrected chi connectivity index (χ1v) is 5.88. The van der Waals surface area contributed by atoms with Crippen molar-refractivity contribution in [1.29, 1.82) is 5.26 Å². The molecule has 0 aliphatic rings. The Hall–Kier alpha value is -2.45. The molecule has 3 aromatic rings. The quantitative estimate of drug-likeness (QED) is 0.669. The van der Waals surface area contributed by atoms with Crippen LogP contribution in [0.25, 0.3) is 11.1 Å². The first kappa shape index (κ1) is 11.6. The third-order valence-corrected chi connectivity index (χ3v) is 2.84. The summed E-state index contributed by atoms with van der Waals surface area (Å²) in [6, 6.07) is 11.0. The van der Waals surface area contributed by atoms with E-state index in [1.54, 1.807) is 6.07 Å². The standard InChI is InChI=1S/C13H7ClN4O/c14-12-5-10(16-7-17-12)8(6-15)13-18-9-3-1-2-4-11(9)19-13/h1-5,7-8H.